The predicted octanol–water partition coefficient (Wildman–Crippen LogP) is 1.57. The number of nitrogens with zero attached hydrogens (tertiary/aromatic N) is 1. The van der Waals surface area contributed by atoms with Gasteiger partial charge >= 0.3 is 0 Å². The minimum Gasteiger partial charge on any atom is -0.359 e. The zero-order chi connectivity index (χ0) is 8.97. The van der Waals surface area contributed by atoms with Gasteiger partial charge in [-0.3, -0.25) is 0 Å². The SMILES string of the molecule is CCN(CN)c1ccc(F)cc1. The van der Waals surface area contributed by atoms with Gasteiger partial charge in [-0.05, 0) is 31.2 Å². The number of nitrogens with two attached hydrogens (primary N) is 1. The fraction of sp³-hybridized carbons (Fsp3) is 0.333. The average Bonchev–Trinajstić information content (AvgIpc) is 2.10. The Balaban J connectivity index is 2.80. The molecule has 0 amide bonds. The van der Waals surface area contributed by atoms with Crippen LogP contribution < -0.4 is 10.6 Å². The van der Waals surface area contributed by atoms with E-state index in [1.165, 1.54) is 12.1 Å². The molecule has 2 nitrogen and oxygen atoms in total. The van der Waals surface area contributed by atoms with Gasteiger partial charge in [-0.2, -0.15) is 0 Å². The Bertz CT molecular complexity index is 229. The van der Waals surface area contributed by atoms with Crippen molar-refractivity contribution >= 4 is 5.69 Å². The highest BCUT2D eigenvalue weighted by molar-refractivity contribution is 5.45. The van der Waals surface area contributed by atoms with Gasteiger partial charge in [0.15, 0.2) is 0 Å². The lowest BCUT2D eigenvalue weighted by molar-refractivity contribution is 0.627. The predicted molar refractivity (Wildman–Crippen MR) is 48.5 cm³/mol. The van der Waals surface area contributed by atoms with Crippen LogP contribution >= 0.6 is 0 Å². The number of hydrogen-bond acceptors (Lipinski definition) is 2. The third kappa shape index (κ3) is 1.95. The average molecular weight is 168 g/mol. The molecule has 0 fully saturated rings. The highest BCUT2D eigenvalue weighted by atomic mass is 19.1. The minimum absolute atomic E-state index is 0.216. The molecular formula is C9H13FN2. The van der Waals surface area contributed by atoms with Crippen molar-refractivity contribution in [1.82, 2.24) is 0 Å². The van der Waals surface area contributed by atoms with Gasteiger partial charge in [0.1, 0.15) is 5.82 Å². The maximum absolute atomic E-state index is 12.5. The Morgan fingerprint density at radius 2 is 1.92 bits per heavy atom. The van der Waals surface area contributed by atoms with Crippen LogP contribution in [0, 0.1) is 5.82 Å². The van der Waals surface area contributed by atoms with Gasteiger partial charge in [-0.25, -0.2) is 4.39 Å². The van der Waals surface area contributed by atoms with E-state index in [9.17, 15) is 4.39 Å². The van der Waals surface area contributed by atoms with Gasteiger partial charge in [-0.15, -0.1) is 0 Å². The Morgan fingerprint density at radius 1 is 1.33 bits per heavy atom. The first-order valence-electron chi connectivity index (χ1n) is 3.98. The standard InChI is InChI=1S/C9H13FN2/c1-2-12(7-11)9-5-3-8(10)4-6-9/h3-6H,2,7,11H2,1H3. The van der Waals surface area contributed by atoms with E-state index in [2.05, 4.69) is 0 Å². The zero-order valence-electron chi connectivity index (χ0n) is 7.13. The van der Waals surface area contributed by atoms with E-state index >= 15 is 0 Å². The van der Waals surface area contributed by atoms with Crippen LogP contribution in [0.4, 0.5) is 10.1 Å². The fourth-order valence-corrected chi connectivity index (χ4v) is 1.07. The Labute approximate surface area is 71.8 Å². The number of hydrogen-bond donors (Lipinski definition) is 1. The first-order chi connectivity index (χ1) is 5.77. The topological polar surface area (TPSA) is 29.3 Å². The van der Waals surface area contributed by atoms with Crippen LogP contribution in [0.5, 0.6) is 0 Å². The lowest BCUT2D eigenvalue weighted by Gasteiger charge is -2.20. The maximum atomic E-state index is 12.5. The van der Waals surface area contributed by atoms with E-state index in [1.807, 2.05) is 11.8 Å². The summed E-state index contributed by atoms with van der Waals surface area (Å²) in [5.41, 5.74) is 6.45. The largest absolute Gasteiger partial charge is 0.359 e. The molecule has 12 heavy (non-hydrogen) atoms. The fourth-order valence-electron chi connectivity index (χ4n) is 1.07. The van der Waals surface area contributed by atoms with E-state index in [4.69, 9.17) is 5.73 Å². The second kappa shape index (κ2) is 4.07. The van der Waals surface area contributed by atoms with Crippen molar-refractivity contribution in [3.05, 3.63) is 30.1 Å². The summed E-state index contributed by atoms with van der Waals surface area (Å²) in [6, 6.07) is 6.33. The Kier molecular flexibility index (Phi) is 3.05. The van der Waals surface area contributed by atoms with E-state index < -0.39 is 0 Å². The Hall–Kier alpha value is -1.09. The molecule has 0 atom stereocenters. The second-order valence-corrected chi connectivity index (χ2v) is 2.52. The molecule has 0 radical (unpaired) electrons. The van der Waals surface area contributed by atoms with E-state index in [1.54, 1.807) is 12.1 Å². The summed E-state index contributed by atoms with van der Waals surface area (Å²) in [7, 11) is 0. The van der Waals surface area contributed by atoms with Gasteiger partial charge in [0, 0.05) is 12.2 Å². The van der Waals surface area contributed by atoms with Crippen LogP contribution in [-0.4, -0.2) is 13.2 Å². The molecule has 0 heterocycles. The summed E-state index contributed by atoms with van der Waals surface area (Å²) < 4.78 is 12.5. The van der Waals surface area contributed by atoms with Crippen molar-refractivity contribution in [3.8, 4) is 0 Å². The molecule has 0 saturated carbocycles. The molecule has 0 bridgehead atoms. The summed E-state index contributed by atoms with van der Waals surface area (Å²) in [6.45, 7) is 3.31. The van der Waals surface area contributed by atoms with E-state index in [-0.39, 0.29) is 5.82 Å². The van der Waals surface area contributed by atoms with Crippen LogP contribution in [0.3, 0.4) is 0 Å². The van der Waals surface area contributed by atoms with Crippen molar-refractivity contribution < 1.29 is 4.39 Å². The van der Waals surface area contributed by atoms with Gasteiger partial charge in [-0.1, -0.05) is 0 Å². The molecule has 0 unspecified atom stereocenters. The summed E-state index contributed by atoms with van der Waals surface area (Å²) in [5, 5.41) is 0. The van der Waals surface area contributed by atoms with Crippen molar-refractivity contribution in [2.24, 2.45) is 5.73 Å². The monoisotopic (exact) mass is 168 g/mol. The summed E-state index contributed by atoms with van der Waals surface area (Å²) in [6.07, 6.45) is 0. The first kappa shape index (κ1) is 9.00. The molecule has 1 aromatic carbocycles. The van der Waals surface area contributed by atoms with Crippen molar-refractivity contribution in [3.63, 3.8) is 0 Å². The van der Waals surface area contributed by atoms with Crippen LogP contribution in [0.2, 0.25) is 0 Å². The summed E-state index contributed by atoms with van der Waals surface area (Å²) in [5.74, 6) is -0.216. The highest BCUT2D eigenvalue weighted by Crippen LogP contribution is 2.12. The molecule has 0 aliphatic rings. The normalized spacial score (nSPS) is 9.92. The summed E-state index contributed by atoms with van der Waals surface area (Å²) in [4.78, 5) is 1.96. The quantitative estimate of drug-likeness (QED) is 0.694. The van der Waals surface area contributed by atoms with Gasteiger partial charge < -0.3 is 10.6 Å². The van der Waals surface area contributed by atoms with Crippen molar-refractivity contribution in [2.45, 2.75) is 6.92 Å². The van der Waals surface area contributed by atoms with E-state index in [0.29, 0.717) is 6.67 Å². The molecule has 1 aromatic rings. The number of rotatable bonds is 3. The molecule has 0 spiro atoms. The number of benzene rings is 1. The molecule has 0 saturated heterocycles. The lowest BCUT2D eigenvalue weighted by atomic mass is 10.3. The summed E-state index contributed by atoms with van der Waals surface area (Å²) >= 11 is 0. The molecule has 66 valence electrons. The number of anilines is 1. The lowest BCUT2D eigenvalue weighted by Crippen LogP contribution is -2.29. The number of halogens is 1. The van der Waals surface area contributed by atoms with Crippen LogP contribution in [0.25, 0.3) is 0 Å². The third-order valence-electron chi connectivity index (χ3n) is 1.79. The molecule has 2 N–H and O–H groups in total. The molecule has 3 heteroatoms. The van der Waals surface area contributed by atoms with Gasteiger partial charge in [0.25, 0.3) is 0 Å². The van der Waals surface area contributed by atoms with Crippen molar-refractivity contribution in [1.29, 1.82) is 0 Å². The molecule has 1 rings (SSSR count). The van der Waals surface area contributed by atoms with Crippen LogP contribution in [0.15, 0.2) is 24.3 Å². The molecule has 0 aromatic heterocycles. The minimum atomic E-state index is -0.216. The van der Waals surface area contributed by atoms with Gasteiger partial charge in [0.05, 0.1) is 6.67 Å². The second-order valence-electron chi connectivity index (χ2n) is 2.52. The molecule has 0 aliphatic heterocycles. The van der Waals surface area contributed by atoms with Crippen LogP contribution in [-0.2, 0) is 0 Å². The zero-order valence-corrected chi connectivity index (χ0v) is 7.13. The Morgan fingerprint density at radius 3 is 2.33 bits per heavy atom. The van der Waals surface area contributed by atoms with E-state index in [0.717, 1.165) is 12.2 Å². The smallest absolute Gasteiger partial charge is 0.123 e. The first-order valence-corrected chi connectivity index (χ1v) is 3.98. The van der Waals surface area contributed by atoms with Gasteiger partial charge in [0.2, 0.25) is 0 Å². The van der Waals surface area contributed by atoms with Crippen LogP contribution in [0.1, 0.15) is 6.92 Å². The molecule has 0 aliphatic carbocycles. The van der Waals surface area contributed by atoms with Crippen molar-refractivity contribution in [2.75, 3.05) is 18.1 Å². The third-order valence-corrected chi connectivity index (χ3v) is 1.79. The molecular weight excluding hydrogens is 155 g/mol. The highest BCUT2D eigenvalue weighted by Gasteiger charge is 2.00. The maximum Gasteiger partial charge on any atom is 0.123 e.